The first kappa shape index (κ1) is 14.9. The Bertz CT molecular complexity index is 209. The zero-order valence-electron chi connectivity index (χ0n) is 11.5. The van der Waals surface area contributed by atoms with Crippen LogP contribution in [0.3, 0.4) is 0 Å². The Hall–Kier alpha value is -0.160. The Kier molecular flexibility index (Phi) is 5.86. The fraction of sp³-hybridized carbons (Fsp3) is 1.00. The van der Waals surface area contributed by atoms with Gasteiger partial charge in [-0.3, -0.25) is 0 Å². The van der Waals surface area contributed by atoms with Gasteiger partial charge in [-0.05, 0) is 40.5 Å². The molecule has 0 aromatic rings. The third-order valence-corrected chi connectivity index (χ3v) is 2.85. The Morgan fingerprint density at radius 3 is 2.53 bits per heavy atom. The molecule has 1 unspecified atom stereocenters. The van der Waals surface area contributed by atoms with Gasteiger partial charge in [0.1, 0.15) is 0 Å². The number of nitrogens with one attached hydrogen (secondary N) is 1. The van der Waals surface area contributed by atoms with Crippen LogP contribution in [0.2, 0.25) is 0 Å². The lowest BCUT2D eigenvalue weighted by atomic mass is 9.89. The first-order chi connectivity index (χ1) is 7.90. The summed E-state index contributed by atoms with van der Waals surface area (Å²) in [6.45, 7) is 9.77. The van der Waals surface area contributed by atoms with Gasteiger partial charge in [-0.2, -0.15) is 0 Å². The van der Waals surface area contributed by atoms with Crippen molar-refractivity contribution in [2.24, 2.45) is 0 Å². The van der Waals surface area contributed by atoms with Crippen molar-refractivity contribution in [2.45, 2.75) is 64.4 Å². The minimum atomic E-state index is -0.430. The predicted molar refractivity (Wildman–Crippen MR) is 68.2 cm³/mol. The van der Waals surface area contributed by atoms with Crippen LogP contribution < -0.4 is 5.32 Å². The molecule has 102 valence electrons. The van der Waals surface area contributed by atoms with Crippen LogP contribution in [0.5, 0.6) is 0 Å². The topological polar surface area (TPSA) is 50.7 Å². The van der Waals surface area contributed by atoms with Crippen LogP contribution in [-0.2, 0) is 9.47 Å². The normalized spacial score (nSPS) is 26.6. The van der Waals surface area contributed by atoms with E-state index in [1.54, 1.807) is 0 Å². The number of hydrogen-bond acceptors (Lipinski definition) is 4. The van der Waals surface area contributed by atoms with Gasteiger partial charge in [0.15, 0.2) is 0 Å². The van der Waals surface area contributed by atoms with Gasteiger partial charge in [-0.1, -0.05) is 0 Å². The number of aliphatic hydroxyl groups is 1. The Labute approximate surface area is 105 Å². The van der Waals surface area contributed by atoms with Gasteiger partial charge < -0.3 is 19.9 Å². The van der Waals surface area contributed by atoms with Crippen LogP contribution in [0.15, 0.2) is 0 Å². The zero-order valence-corrected chi connectivity index (χ0v) is 11.5. The van der Waals surface area contributed by atoms with E-state index >= 15 is 0 Å². The molecule has 2 N–H and O–H groups in total. The Balaban J connectivity index is 2.00. The minimum Gasteiger partial charge on any atom is -0.389 e. The highest BCUT2D eigenvalue weighted by atomic mass is 16.5. The predicted octanol–water partition coefficient (Wildman–Crippen LogP) is 1.32. The van der Waals surface area contributed by atoms with Crippen LogP contribution in [0, 0.1) is 0 Å². The fourth-order valence-corrected chi connectivity index (χ4v) is 1.81. The van der Waals surface area contributed by atoms with Crippen molar-refractivity contribution in [1.82, 2.24) is 5.32 Å². The van der Waals surface area contributed by atoms with Gasteiger partial charge in [0.25, 0.3) is 0 Å². The summed E-state index contributed by atoms with van der Waals surface area (Å²) in [5.41, 5.74) is -0.183. The van der Waals surface area contributed by atoms with E-state index in [1.165, 1.54) is 0 Å². The van der Waals surface area contributed by atoms with E-state index in [-0.39, 0.29) is 5.60 Å². The monoisotopic (exact) mass is 245 g/mol. The average Bonchev–Trinajstić information content (AvgIpc) is 2.17. The summed E-state index contributed by atoms with van der Waals surface area (Å²) in [5, 5.41) is 13.1. The zero-order chi connectivity index (χ0) is 12.9. The summed E-state index contributed by atoms with van der Waals surface area (Å²) in [4.78, 5) is 0. The summed E-state index contributed by atoms with van der Waals surface area (Å²) in [6.07, 6.45) is 2.10. The molecule has 17 heavy (non-hydrogen) atoms. The van der Waals surface area contributed by atoms with Crippen molar-refractivity contribution >= 4 is 0 Å². The summed E-state index contributed by atoms with van der Waals surface area (Å²) in [7, 11) is 0. The van der Waals surface area contributed by atoms with Gasteiger partial charge in [0.05, 0.1) is 24.4 Å². The molecule has 1 aliphatic rings. The lowest BCUT2D eigenvalue weighted by molar-refractivity contribution is -0.0523. The molecule has 1 atom stereocenters. The van der Waals surface area contributed by atoms with E-state index in [9.17, 15) is 5.11 Å². The maximum Gasteiger partial charge on any atom is 0.0898 e. The summed E-state index contributed by atoms with van der Waals surface area (Å²) in [6, 6.07) is 0.496. The van der Waals surface area contributed by atoms with Crippen LogP contribution in [0.25, 0.3) is 0 Å². The van der Waals surface area contributed by atoms with Gasteiger partial charge in [-0.15, -0.1) is 0 Å². The summed E-state index contributed by atoms with van der Waals surface area (Å²) >= 11 is 0. The maximum absolute atomic E-state index is 9.73. The van der Waals surface area contributed by atoms with Crippen molar-refractivity contribution in [1.29, 1.82) is 0 Å². The highest BCUT2D eigenvalue weighted by molar-refractivity contribution is 4.86. The second-order valence-corrected chi connectivity index (χ2v) is 5.73. The molecule has 0 heterocycles. The molecule has 0 aromatic carbocycles. The molecule has 4 nitrogen and oxygen atoms in total. The van der Waals surface area contributed by atoms with Crippen LogP contribution in [-0.4, -0.2) is 48.7 Å². The highest BCUT2D eigenvalue weighted by Gasteiger charge is 2.29. The average molecular weight is 245 g/mol. The molecule has 1 aliphatic carbocycles. The van der Waals surface area contributed by atoms with Gasteiger partial charge in [-0.25, -0.2) is 0 Å². The van der Waals surface area contributed by atoms with Crippen molar-refractivity contribution in [2.75, 3.05) is 19.8 Å². The summed E-state index contributed by atoms with van der Waals surface area (Å²) in [5.74, 6) is 0. The molecule has 4 heteroatoms. The molecule has 1 fully saturated rings. The van der Waals surface area contributed by atoms with E-state index in [0.29, 0.717) is 25.3 Å². The SMILES string of the molecule is CCOC1CC(NCC(O)COC(C)(C)C)C1. The lowest BCUT2D eigenvalue weighted by Crippen LogP contribution is -2.48. The number of ether oxygens (including phenoxy) is 2. The molecular weight excluding hydrogens is 218 g/mol. The Morgan fingerprint density at radius 2 is 2.00 bits per heavy atom. The molecule has 0 spiro atoms. The first-order valence-corrected chi connectivity index (χ1v) is 6.57. The van der Waals surface area contributed by atoms with Gasteiger partial charge >= 0.3 is 0 Å². The third kappa shape index (κ3) is 6.36. The van der Waals surface area contributed by atoms with Crippen LogP contribution in [0.4, 0.5) is 0 Å². The number of aliphatic hydroxyl groups excluding tert-OH is 1. The van der Waals surface area contributed by atoms with E-state index in [0.717, 1.165) is 19.4 Å². The second kappa shape index (κ2) is 6.69. The molecule has 0 amide bonds. The smallest absolute Gasteiger partial charge is 0.0898 e. The van der Waals surface area contributed by atoms with E-state index in [4.69, 9.17) is 9.47 Å². The largest absolute Gasteiger partial charge is 0.389 e. The molecule has 1 saturated carbocycles. The molecular formula is C13H27NO3. The third-order valence-electron chi connectivity index (χ3n) is 2.85. The molecule has 0 saturated heterocycles. The van der Waals surface area contributed by atoms with Gasteiger partial charge in [0, 0.05) is 19.2 Å². The van der Waals surface area contributed by atoms with E-state index in [1.807, 2.05) is 27.7 Å². The van der Waals surface area contributed by atoms with Crippen LogP contribution in [0.1, 0.15) is 40.5 Å². The maximum atomic E-state index is 9.73. The van der Waals surface area contributed by atoms with Crippen LogP contribution >= 0.6 is 0 Å². The molecule has 1 rings (SSSR count). The second-order valence-electron chi connectivity index (χ2n) is 5.73. The lowest BCUT2D eigenvalue weighted by Gasteiger charge is -2.36. The molecule has 0 aliphatic heterocycles. The van der Waals surface area contributed by atoms with Crippen molar-refractivity contribution in [3.05, 3.63) is 0 Å². The minimum absolute atomic E-state index is 0.183. The van der Waals surface area contributed by atoms with Crippen molar-refractivity contribution in [3.63, 3.8) is 0 Å². The number of rotatable bonds is 7. The van der Waals surface area contributed by atoms with Crippen molar-refractivity contribution < 1.29 is 14.6 Å². The van der Waals surface area contributed by atoms with Crippen molar-refractivity contribution in [3.8, 4) is 0 Å². The molecule has 0 bridgehead atoms. The Morgan fingerprint density at radius 1 is 1.35 bits per heavy atom. The quantitative estimate of drug-likeness (QED) is 0.710. The number of hydrogen-bond donors (Lipinski definition) is 2. The van der Waals surface area contributed by atoms with Gasteiger partial charge in [0.2, 0.25) is 0 Å². The summed E-state index contributed by atoms with van der Waals surface area (Å²) < 4.78 is 11.0. The fourth-order valence-electron chi connectivity index (χ4n) is 1.81. The first-order valence-electron chi connectivity index (χ1n) is 6.57. The highest BCUT2D eigenvalue weighted by Crippen LogP contribution is 2.23. The van der Waals surface area contributed by atoms with E-state index in [2.05, 4.69) is 5.32 Å². The standard InChI is InChI=1S/C13H27NO3/c1-5-16-12-6-10(7-12)14-8-11(15)9-17-13(2,3)4/h10-12,14-15H,5-9H2,1-4H3. The van der Waals surface area contributed by atoms with E-state index < -0.39 is 6.10 Å². The molecule has 0 aromatic heterocycles. The molecule has 0 radical (unpaired) electrons.